The van der Waals surface area contributed by atoms with Gasteiger partial charge in [-0.3, -0.25) is 4.79 Å². The summed E-state index contributed by atoms with van der Waals surface area (Å²) < 4.78 is 4.85. The van der Waals surface area contributed by atoms with Gasteiger partial charge in [-0.05, 0) is 24.7 Å². The quantitative estimate of drug-likeness (QED) is 0.777. The second kappa shape index (κ2) is 9.59. The van der Waals surface area contributed by atoms with Gasteiger partial charge in [0, 0.05) is 13.7 Å². The molecule has 108 valence electrons. The fraction of sp³-hybridized carbons (Fsp3) is 0.923. The summed E-state index contributed by atoms with van der Waals surface area (Å²) in [6.45, 7) is 3.35. The second-order valence-electron chi connectivity index (χ2n) is 5.28. The molecule has 0 bridgehead atoms. The molecule has 0 aromatic heterocycles. The van der Waals surface area contributed by atoms with Gasteiger partial charge >= 0.3 is 0 Å². The zero-order valence-corrected chi connectivity index (χ0v) is 12.3. The minimum absolute atomic E-state index is 0. The van der Waals surface area contributed by atoms with Crippen LogP contribution < -0.4 is 11.1 Å². The molecule has 0 aliphatic heterocycles. The van der Waals surface area contributed by atoms with Crippen molar-refractivity contribution >= 4 is 18.3 Å². The maximum atomic E-state index is 11.5. The third-order valence-electron chi connectivity index (χ3n) is 3.58. The summed E-state index contributed by atoms with van der Waals surface area (Å²) in [4.78, 5) is 11.5. The van der Waals surface area contributed by atoms with E-state index in [2.05, 4.69) is 12.2 Å². The van der Waals surface area contributed by atoms with Gasteiger partial charge in [0.2, 0.25) is 5.91 Å². The Hall–Kier alpha value is -0.320. The molecule has 1 fully saturated rings. The largest absolute Gasteiger partial charge is 0.383 e. The van der Waals surface area contributed by atoms with Gasteiger partial charge < -0.3 is 15.8 Å². The van der Waals surface area contributed by atoms with E-state index in [9.17, 15) is 4.79 Å². The van der Waals surface area contributed by atoms with E-state index in [0.717, 1.165) is 24.8 Å². The first-order valence-corrected chi connectivity index (χ1v) is 6.65. The number of methoxy groups -OCH3 is 1. The molecule has 1 amide bonds. The number of nitrogens with two attached hydrogens (primary N) is 1. The van der Waals surface area contributed by atoms with Crippen molar-refractivity contribution in [3.8, 4) is 0 Å². The maximum Gasteiger partial charge on any atom is 0.239 e. The molecule has 18 heavy (non-hydrogen) atoms. The SMILES string of the molecule is COCC(N)C(=O)NCCC1CCCC(C)C1.Cl. The van der Waals surface area contributed by atoms with Crippen LogP contribution in [0, 0.1) is 11.8 Å². The molecule has 1 aliphatic carbocycles. The molecule has 3 atom stereocenters. The van der Waals surface area contributed by atoms with Crippen molar-refractivity contribution < 1.29 is 9.53 Å². The number of amides is 1. The third-order valence-corrected chi connectivity index (χ3v) is 3.58. The van der Waals surface area contributed by atoms with E-state index in [-0.39, 0.29) is 24.9 Å². The molecule has 3 N–H and O–H groups in total. The summed E-state index contributed by atoms with van der Waals surface area (Å²) in [6.07, 6.45) is 6.39. The molecule has 1 aliphatic rings. The Labute approximate surface area is 116 Å². The average Bonchev–Trinajstić information content (AvgIpc) is 2.29. The van der Waals surface area contributed by atoms with Crippen LogP contribution in [0.25, 0.3) is 0 Å². The van der Waals surface area contributed by atoms with Crippen molar-refractivity contribution in [2.45, 2.75) is 45.1 Å². The monoisotopic (exact) mass is 278 g/mol. The zero-order valence-electron chi connectivity index (χ0n) is 11.5. The van der Waals surface area contributed by atoms with Crippen molar-refractivity contribution in [3.05, 3.63) is 0 Å². The van der Waals surface area contributed by atoms with Gasteiger partial charge in [-0.25, -0.2) is 0 Å². The van der Waals surface area contributed by atoms with E-state index < -0.39 is 6.04 Å². The lowest BCUT2D eigenvalue weighted by Gasteiger charge is -2.26. The lowest BCUT2D eigenvalue weighted by Crippen LogP contribution is -2.44. The van der Waals surface area contributed by atoms with E-state index in [1.165, 1.54) is 25.7 Å². The van der Waals surface area contributed by atoms with Crippen LogP contribution in [0.4, 0.5) is 0 Å². The summed E-state index contributed by atoms with van der Waals surface area (Å²) >= 11 is 0. The first-order valence-electron chi connectivity index (χ1n) is 6.65. The minimum Gasteiger partial charge on any atom is -0.383 e. The van der Waals surface area contributed by atoms with E-state index in [0.29, 0.717) is 0 Å². The van der Waals surface area contributed by atoms with Gasteiger partial charge in [0.25, 0.3) is 0 Å². The Morgan fingerprint density at radius 1 is 1.50 bits per heavy atom. The number of halogens is 1. The van der Waals surface area contributed by atoms with Crippen LogP contribution in [-0.4, -0.2) is 32.2 Å². The molecule has 4 nitrogen and oxygen atoms in total. The summed E-state index contributed by atoms with van der Waals surface area (Å²) in [7, 11) is 1.55. The highest BCUT2D eigenvalue weighted by molar-refractivity contribution is 5.85. The van der Waals surface area contributed by atoms with E-state index in [1.807, 2.05) is 0 Å². The molecule has 3 unspecified atom stereocenters. The summed E-state index contributed by atoms with van der Waals surface area (Å²) in [5.74, 6) is 1.52. The molecule has 0 saturated heterocycles. The molecule has 0 aromatic carbocycles. The van der Waals surface area contributed by atoms with Gasteiger partial charge in [-0.2, -0.15) is 0 Å². The molecule has 1 saturated carbocycles. The highest BCUT2D eigenvalue weighted by atomic mass is 35.5. The van der Waals surface area contributed by atoms with Crippen LogP contribution in [0.15, 0.2) is 0 Å². The highest BCUT2D eigenvalue weighted by Crippen LogP contribution is 2.30. The Kier molecular flexibility index (Phi) is 9.42. The molecule has 0 spiro atoms. The Balaban J connectivity index is 0.00000289. The molecule has 0 heterocycles. The third kappa shape index (κ3) is 6.57. The molecule has 5 heteroatoms. The number of ether oxygens (including phenoxy) is 1. The van der Waals surface area contributed by atoms with E-state index in [4.69, 9.17) is 10.5 Å². The standard InChI is InChI=1S/C13H26N2O2.ClH/c1-10-4-3-5-11(8-10)6-7-15-13(16)12(14)9-17-2;/h10-12H,3-9,14H2,1-2H3,(H,15,16);1H. The van der Waals surface area contributed by atoms with Crippen LogP contribution in [0.1, 0.15) is 39.0 Å². The maximum absolute atomic E-state index is 11.5. The van der Waals surface area contributed by atoms with Crippen molar-refractivity contribution in [1.29, 1.82) is 0 Å². The Bertz CT molecular complexity index is 239. The number of hydrogen-bond donors (Lipinski definition) is 2. The fourth-order valence-corrected chi connectivity index (χ4v) is 2.61. The van der Waals surface area contributed by atoms with Crippen LogP contribution in [-0.2, 0) is 9.53 Å². The van der Waals surface area contributed by atoms with Crippen molar-refractivity contribution in [3.63, 3.8) is 0 Å². The number of nitrogens with one attached hydrogen (secondary N) is 1. The fourth-order valence-electron chi connectivity index (χ4n) is 2.61. The zero-order chi connectivity index (χ0) is 12.7. The lowest BCUT2D eigenvalue weighted by atomic mass is 9.81. The van der Waals surface area contributed by atoms with Crippen LogP contribution in [0.5, 0.6) is 0 Å². The van der Waals surface area contributed by atoms with Crippen molar-refractivity contribution in [2.24, 2.45) is 17.6 Å². The summed E-state index contributed by atoms with van der Waals surface area (Å²) in [6, 6.07) is -0.537. The van der Waals surface area contributed by atoms with Gasteiger partial charge in [0.05, 0.1) is 6.61 Å². The van der Waals surface area contributed by atoms with Gasteiger partial charge in [-0.15, -0.1) is 12.4 Å². The van der Waals surface area contributed by atoms with Gasteiger partial charge in [-0.1, -0.05) is 26.2 Å². The lowest BCUT2D eigenvalue weighted by molar-refractivity contribution is -0.123. The Morgan fingerprint density at radius 3 is 2.83 bits per heavy atom. The predicted octanol–water partition coefficient (Wildman–Crippen LogP) is 1.71. The molecular weight excluding hydrogens is 252 g/mol. The van der Waals surface area contributed by atoms with Crippen LogP contribution in [0.3, 0.4) is 0 Å². The van der Waals surface area contributed by atoms with Gasteiger partial charge in [0.15, 0.2) is 0 Å². The predicted molar refractivity (Wildman–Crippen MR) is 75.8 cm³/mol. The first-order chi connectivity index (χ1) is 8.13. The smallest absolute Gasteiger partial charge is 0.239 e. The second-order valence-corrected chi connectivity index (χ2v) is 5.28. The molecule has 0 aromatic rings. The van der Waals surface area contributed by atoms with Crippen molar-refractivity contribution in [2.75, 3.05) is 20.3 Å². The Morgan fingerprint density at radius 2 is 2.22 bits per heavy atom. The number of rotatable bonds is 6. The molecular formula is C13H27ClN2O2. The van der Waals surface area contributed by atoms with E-state index >= 15 is 0 Å². The normalized spacial score (nSPS) is 25.1. The number of hydrogen-bond acceptors (Lipinski definition) is 3. The first kappa shape index (κ1) is 17.7. The van der Waals surface area contributed by atoms with Crippen molar-refractivity contribution in [1.82, 2.24) is 5.32 Å². The number of carbonyl (C=O) groups excluding carboxylic acids is 1. The van der Waals surface area contributed by atoms with E-state index in [1.54, 1.807) is 7.11 Å². The average molecular weight is 279 g/mol. The molecule has 0 radical (unpaired) electrons. The van der Waals surface area contributed by atoms with Crippen LogP contribution >= 0.6 is 12.4 Å². The summed E-state index contributed by atoms with van der Waals surface area (Å²) in [5.41, 5.74) is 5.63. The minimum atomic E-state index is -0.537. The number of carbonyl (C=O) groups is 1. The topological polar surface area (TPSA) is 64.3 Å². The van der Waals surface area contributed by atoms with Crippen LogP contribution in [0.2, 0.25) is 0 Å². The van der Waals surface area contributed by atoms with Gasteiger partial charge in [0.1, 0.15) is 6.04 Å². The summed E-state index contributed by atoms with van der Waals surface area (Å²) in [5, 5.41) is 2.89. The molecule has 1 rings (SSSR count). The highest BCUT2D eigenvalue weighted by Gasteiger charge is 2.19.